The van der Waals surface area contributed by atoms with Gasteiger partial charge in [-0.15, -0.1) is 0 Å². The second kappa shape index (κ2) is 6.61. The second-order valence-corrected chi connectivity index (χ2v) is 6.02. The van der Waals surface area contributed by atoms with Crippen LogP contribution in [0.4, 0.5) is 0 Å². The molecule has 1 aliphatic rings. The van der Waals surface area contributed by atoms with Gasteiger partial charge >= 0.3 is 0 Å². The van der Waals surface area contributed by atoms with Crippen LogP contribution in [-0.2, 0) is 0 Å². The average molecular weight is 226 g/mol. The van der Waals surface area contributed by atoms with Gasteiger partial charge in [0.05, 0.1) is 0 Å². The molecular formula is C14H30N2. The quantitative estimate of drug-likeness (QED) is 0.749. The highest BCUT2D eigenvalue weighted by Crippen LogP contribution is 2.23. The predicted octanol–water partition coefficient (Wildman–Crippen LogP) is 2.89. The molecule has 0 aliphatic carbocycles. The Morgan fingerprint density at radius 3 is 2.31 bits per heavy atom. The molecule has 16 heavy (non-hydrogen) atoms. The second-order valence-electron chi connectivity index (χ2n) is 6.02. The lowest BCUT2D eigenvalue weighted by Crippen LogP contribution is -2.45. The zero-order valence-corrected chi connectivity index (χ0v) is 11.7. The van der Waals surface area contributed by atoms with Gasteiger partial charge in [0.15, 0.2) is 0 Å². The molecule has 96 valence electrons. The van der Waals surface area contributed by atoms with Crippen LogP contribution >= 0.6 is 0 Å². The summed E-state index contributed by atoms with van der Waals surface area (Å²) in [6, 6.07) is 0.779. The zero-order valence-electron chi connectivity index (χ0n) is 11.7. The molecule has 0 amide bonds. The van der Waals surface area contributed by atoms with E-state index in [1.807, 2.05) is 0 Å². The molecule has 1 N–H and O–H groups in total. The highest BCUT2D eigenvalue weighted by atomic mass is 15.1. The van der Waals surface area contributed by atoms with Crippen molar-refractivity contribution in [2.75, 3.05) is 26.2 Å². The van der Waals surface area contributed by atoms with Crippen LogP contribution in [0.25, 0.3) is 0 Å². The van der Waals surface area contributed by atoms with Crippen molar-refractivity contribution in [1.82, 2.24) is 10.2 Å². The smallest absolute Gasteiger partial charge is 0.00914 e. The van der Waals surface area contributed by atoms with E-state index < -0.39 is 0 Å². The Hall–Kier alpha value is -0.0800. The Kier molecular flexibility index (Phi) is 5.77. The molecule has 0 unspecified atom stereocenters. The van der Waals surface area contributed by atoms with Gasteiger partial charge in [-0.1, -0.05) is 27.7 Å². The molecule has 0 spiro atoms. The molecule has 1 rings (SSSR count). The number of rotatable bonds is 6. The fraction of sp³-hybridized carbons (Fsp3) is 1.00. The number of nitrogens with one attached hydrogen (secondary N) is 1. The van der Waals surface area contributed by atoms with E-state index in [9.17, 15) is 0 Å². The normalized spacial score (nSPS) is 20.2. The summed E-state index contributed by atoms with van der Waals surface area (Å²) in [5.41, 5.74) is 0.490. The van der Waals surface area contributed by atoms with Gasteiger partial charge in [-0.3, -0.25) is 0 Å². The first-order valence-corrected chi connectivity index (χ1v) is 7.03. The summed E-state index contributed by atoms with van der Waals surface area (Å²) in [5.74, 6) is 0. The molecule has 0 aromatic heterocycles. The van der Waals surface area contributed by atoms with Gasteiger partial charge in [0.25, 0.3) is 0 Å². The maximum absolute atomic E-state index is 3.64. The van der Waals surface area contributed by atoms with Crippen molar-refractivity contribution in [3.05, 3.63) is 0 Å². The van der Waals surface area contributed by atoms with Gasteiger partial charge in [0.2, 0.25) is 0 Å². The van der Waals surface area contributed by atoms with E-state index in [1.165, 1.54) is 51.9 Å². The highest BCUT2D eigenvalue weighted by Gasteiger charge is 2.23. The topological polar surface area (TPSA) is 15.3 Å². The Morgan fingerprint density at radius 1 is 1.19 bits per heavy atom. The van der Waals surface area contributed by atoms with E-state index >= 15 is 0 Å². The number of nitrogens with zero attached hydrogens (tertiary/aromatic N) is 1. The summed E-state index contributed by atoms with van der Waals surface area (Å²) < 4.78 is 0. The van der Waals surface area contributed by atoms with Crippen LogP contribution in [0.3, 0.4) is 0 Å². The lowest BCUT2D eigenvalue weighted by molar-refractivity contribution is 0.134. The lowest BCUT2D eigenvalue weighted by atomic mass is 9.88. The highest BCUT2D eigenvalue weighted by molar-refractivity contribution is 4.80. The predicted molar refractivity (Wildman–Crippen MR) is 71.8 cm³/mol. The SMILES string of the molecule is CCCNC1CCN(CC(C)(C)CC)CC1. The number of piperidine rings is 1. The van der Waals surface area contributed by atoms with Crippen molar-refractivity contribution in [1.29, 1.82) is 0 Å². The largest absolute Gasteiger partial charge is 0.314 e. The third kappa shape index (κ3) is 4.84. The number of hydrogen-bond acceptors (Lipinski definition) is 2. The Balaban J connectivity index is 2.21. The Labute approximate surface area is 102 Å². The minimum absolute atomic E-state index is 0.490. The number of likely N-dealkylation sites (tertiary alicyclic amines) is 1. The fourth-order valence-corrected chi connectivity index (χ4v) is 2.36. The summed E-state index contributed by atoms with van der Waals surface area (Å²) >= 11 is 0. The van der Waals surface area contributed by atoms with Crippen molar-refractivity contribution in [3.63, 3.8) is 0 Å². The minimum atomic E-state index is 0.490. The van der Waals surface area contributed by atoms with Gasteiger partial charge in [-0.2, -0.15) is 0 Å². The molecule has 0 aromatic carbocycles. The maximum Gasteiger partial charge on any atom is 0.00914 e. The average Bonchev–Trinajstić information content (AvgIpc) is 2.28. The van der Waals surface area contributed by atoms with Crippen molar-refractivity contribution in [2.45, 2.75) is 59.4 Å². The van der Waals surface area contributed by atoms with Crippen molar-refractivity contribution in [3.8, 4) is 0 Å². The van der Waals surface area contributed by atoms with E-state index in [4.69, 9.17) is 0 Å². The van der Waals surface area contributed by atoms with Gasteiger partial charge < -0.3 is 10.2 Å². The molecule has 2 heteroatoms. The van der Waals surface area contributed by atoms with Crippen molar-refractivity contribution < 1.29 is 0 Å². The molecule has 0 radical (unpaired) electrons. The van der Waals surface area contributed by atoms with Crippen LogP contribution in [0.15, 0.2) is 0 Å². The van der Waals surface area contributed by atoms with Crippen LogP contribution in [0.1, 0.15) is 53.4 Å². The van der Waals surface area contributed by atoms with Gasteiger partial charge in [0, 0.05) is 12.6 Å². The van der Waals surface area contributed by atoms with E-state index in [1.54, 1.807) is 0 Å². The van der Waals surface area contributed by atoms with Crippen molar-refractivity contribution >= 4 is 0 Å². The van der Waals surface area contributed by atoms with Crippen molar-refractivity contribution in [2.24, 2.45) is 5.41 Å². The number of hydrogen-bond donors (Lipinski definition) is 1. The summed E-state index contributed by atoms with van der Waals surface area (Å²) in [7, 11) is 0. The Morgan fingerprint density at radius 2 is 1.81 bits per heavy atom. The molecule has 1 fully saturated rings. The Bertz CT molecular complexity index is 181. The first-order chi connectivity index (χ1) is 7.57. The van der Waals surface area contributed by atoms with Crippen LogP contribution in [0.2, 0.25) is 0 Å². The first kappa shape index (κ1) is 14.0. The monoisotopic (exact) mass is 226 g/mol. The van der Waals surface area contributed by atoms with E-state index in [0.717, 1.165) is 6.04 Å². The molecule has 0 aromatic rings. The summed E-state index contributed by atoms with van der Waals surface area (Å²) in [5, 5.41) is 3.64. The van der Waals surface area contributed by atoms with Crippen LogP contribution in [-0.4, -0.2) is 37.1 Å². The third-order valence-corrected chi connectivity index (χ3v) is 3.88. The van der Waals surface area contributed by atoms with Crippen LogP contribution in [0.5, 0.6) is 0 Å². The van der Waals surface area contributed by atoms with E-state index in [0.29, 0.717) is 5.41 Å². The molecule has 0 saturated carbocycles. The maximum atomic E-state index is 3.64. The summed E-state index contributed by atoms with van der Waals surface area (Å²) in [6.45, 7) is 14.3. The fourth-order valence-electron chi connectivity index (χ4n) is 2.36. The summed E-state index contributed by atoms with van der Waals surface area (Å²) in [6.07, 6.45) is 5.20. The molecule has 2 nitrogen and oxygen atoms in total. The van der Waals surface area contributed by atoms with Crippen LogP contribution in [0, 0.1) is 5.41 Å². The van der Waals surface area contributed by atoms with Gasteiger partial charge in [-0.25, -0.2) is 0 Å². The molecule has 1 aliphatic heterocycles. The zero-order chi connectivity index (χ0) is 12.0. The molecule has 0 bridgehead atoms. The van der Waals surface area contributed by atoms with E-state index in [2.05, 4.69) is 37.9 Å². The first-order valence-electron chi connectivity index (χ1n) is 7.03. The van der Waals surface area contributed by atoms with E-state index in [-0.39, 0.29) is 0 Å². The molecule has 1 saturated heterocycles. The lowest BCUT2D eigenvalue weighted by Gasteiger charge is -2.37. The molecule has 1 heterocycles. The van der Waals surface area contributed by atoms with Crippen LogP contribution < -0.4 is 5.32 Å². The summed E-state index contributed by atoms with van der Waals surface area (Å²) in [4.78, 5) is 2.65. The van der Waals surface area contributed by atoms with Gasteiger partial charge in [-0.05, 0) is 50.7 Å². The minimum Gasteiger partial charge on any atom is -0.314 e. The molecule has 0 atom stereocenters. The molecular weight excluding hydrogens is 196 g/mol. The standard InChI is InChI=1S/C14H30N2/c1-5-9-15-13-7-10-16(11-8-13)12-14(3,4)6-2/h13,15H,5-12H2,1-4H3. The third-order valence-electron chi connectivity index (χ3n) is 3.88. The van der Waals surface area contributed by atoms with Gasteiger partial charge in [0.1, 0.15) is 0 Å².